The lowest BCUT2D eigenvalue weighted by atomic mass is 9.90. The summed E-state index contributed by atoms with van der Waals surface area (Å²) in [5, 5.41) is 12.1. The lowest BCUT2D eigenvalue weighted by Gasteiger charge is -2.29. The molecule has 2 heterocycles. The molecule has 7 nitrogen and oxygen atoms in total. The molecule has 2 aliphatic rings. The van der Waals surface area contributed by atoms with E-state index in [9.17, 15) is 14.7 Å². The minimum atomic E-state index is -0.987. The average molecular weight is 416 g/mol. The molecule has 0 radical (unpaired) electrons. The second kappa shape index (κ2) is 7.45. The van der Waals surface area contributed by atoms with Crippen LogP contribution in [-0.2, 0) is 14.4 Å². The summed E-state index contributed by atoms with van der Waals surface area (Å²) < 4.78 is 5.16. The largest absolute Gasteiger partial charge is 0.508 e. The van der Waals surface area contributed by atoms with Crippen LogP contribution in [0, 0.1) is 5.92 Å². The van der Waals surface area contributed by atoms with Crippen LogP contribution in [0.5, 0.6) is 11.5 Å². The van der Waals surface area contributed by atoms with E-state index in [1.54, 1.807) is 60.7 Å². The van der Waals surface area contributed by atoms with Gasteiger partial charge in [0.25, 0.3) is 5.91 Å². The Hall–Kier alpha value is -3.84. The molecule has 3 atom stereocenters. The number of methoxy groups -OCH3 is 1. The van der Waals surface area contributed by atoms with Gasteiger partial charge in [0.05, 0.1) is 24.5 Å². The van der Waals surface area contributed by atoms with Gasteiger partial charge in [-0.3, -0.25) is 14.4 Å². The molecule has 3 aromatic carbocycles. The van der Waals surface area contributed by atoms with Gasteiger partial charge in [-0.1, -0.05) is 36.4 Å². The van der Waals surface area contributed by atoms with Gasteiger partial charge in [-0.2, -0.15) is 0 Å². The minimum absolute atomic E-state index is 0.0424. The standard InChI is InChI=1S/C24H20N2O5/c1-30-17-13-11-15(12-14-17)25-23(28)20-21(18-9-5-6-10-19(18)27)26(31-22(20)24(25)29)16-7-3-2-4-8-16/h2-14,20-22,27H,1H3/t20-,21-,22+/m0/s1. The number of phenolic OH excluding ortho intramolecular Hbond substituents is 1. The van der Waals surface area contributed by atoms with Gasteiger partial charge in [0.2, 0.25) is 5.91 Å². The van der Waals surface area contributed by atoms with Crippen molar-refractivity contribution >= 4 is 23.2 Å². The Labute approximate surface area is 179 Å². The van der Waals surface area contributed by atoms with Crippen LogP contribution in [0.25, 0.3) is 0 Å². The number of benzene rings is 3. The first-order valence-corrected chi connectivity index (χ1v) is 9.91. The number of anilines is 2. The lowest BCUT2D eigenvalue weighted by Crippen LogP contribution is -2.37. The number of amides is 2. The maximum atomic E-state index is 13.5. The topological polar surface area (TPSA) is 79.3 Å². The molecule has 31 heavy (non-hydrogen) atoms. The van der Waals surface area contributed by atoms with Crippen LogP contribution in [0.3, 0.4) is 0 Å². The highest BCUT2D eigenvalue weighted by Crippen LogP contribution is 2.49. The fraction of sp³-hybridized carbons (Fsp3) is 0.167. The Bertz CT molecular complexity index is 1130. The molecular formula is C24H20N2O5. The highest BCUT2D eigenvalue weighted by Gasteiger charge is 2.60. The van der Waals surface area contributed by atoms with Gasteiger partial charge in [-0.05, 0) is 42.5 Å². The van der Waals surface area contributed by atoms with E-state index in [-0.39, 0.29) is 11.7 Å². The molecule has 2 fully saturated rings. The number of carbonyl (C=O) groups excluding carboxylic acids is 2. The number of hydroxylamine groups is 1. The Morgan fingerprint density at radius 3 is 2.19 bits per heavy atom. The summed E-state index contributed by atoms with van der Waals surface area (Å²) in [7, 11) is 1.55. The van der Waals surface area contributed by atoms with Crippen LogP contribution in [0.2, 0.25) is 0 Å². The van der Waals surface area contributed by atoms with Crippen molar-refractivity contribution in [2.24, 2.45) is 5.92 Å². The third-order valence-electron chi connectivity index (χ3n) is 5.71. The fourth-order valence-electron chi connectivity index (χ4n) is 4.25. The minimum Gasteiger partial charge on any atom is -0.508 e. The van der Waals surface area contributed by atoms with Crippen LogP contribution in [0.4, 0.5) is 11.4 Å². The van der Waals surface area contributed by atoms with E-state index in [0.29, 0.717) is 22.7 Å². The number of ether oxygens (including phenoxy) is 1. The molecular weight excluding hydrogens is 396 g/mol. The summed E-state index contributed by atoms with van der Waals surface area (Å²) in [6, 6.07) is 22.1. The van der Waals surface area contributed by atoms with Gasteiger partial charge < -0.3 is 9.84 Å². The van der Waals surface area contributed by atoms with Crippen molar-refractivity contribution in [3.63, 3.8) is 0 Å². The van der Waals surface area contributed by atoms with E-state index < -0.39 is 24.0 Å². The second-order valence-corrected chi connectivity index (χ2v) is 7.43. The maximum absolute atomic E-state index is 13.5. The first kappa shape index (κ1) is 19.1. The Balaban J connectivity index is 1.58. The number of para-hydroxylation sites is 2. The molecule has 156 valence electrons. The van der Waals surface area contributed by atoms with E-state index in [1.807, 2.05) is 30.3 Å². The number of fused-ring (bicyclic) bond motifs is 1. The summed E-state index contributed by atoms with van der Waals surface area (Å²) >= 11 is 0. The summed E-state index contributed by atoms with van der Waals surface area (Å²) in [5.41, 5.74) is 1.68. The first-order chi connectivity index (χ1) is 15.1. The van der Waals surface area contributed by atoms with Crippen molar-refractivity contribution in [3.05, 3.63) is 84.4 Å². The molecule has 7 heteroatoms. The third kappa shape index (κ3) is 3.02. The van der Waals surface area contributed by atoms with Gasteiger partial charge in [0.15, 0.2) is 6.10 Å². The van der Waals surface area contributed by atoms with Gasteiger partial charge in [-0.25, -0.2) is 9.96 Å². The van der Waals surface area contributed by atoms with Crippen LogP contribution in [-0.4, -0.2) is 30.1 Å². The van der Waals surface area contributed by atoms with Crippen molar-refractivity contribution in [2.45, 2.75) is 12.1 Å². The highest BCUT2D eigenvalue weighted by atomic mass is 16.7. The molecule has 1 N–H and O–H groups in total. The summed E-state index contributed by atoms with van der Waals surface area (Å²) in [6.07, 6.45) is -0.987. The molecule has 0 unspecified atom stereocenters. The number of aromatic hydroxyl groups is 1. The Morgan fingerprint density at radius 1 is 0.839 bits per heavy atom. The summed E-state index contributed by atoms with van der Waals surface area (Å²) in [5.74, 6) is -0.934. The van der Waals surface area contributed by atoms with Crippen LogP contribution >= 0.6 is 0 Å². The van der Waals surface area contributed by atoms with Gasteiger partial charge in [0, 0.05) is 5.56 Å². The van der Waals surface area contributed by atoms with Crippen LogP contribution in [0.1, 0.15) is 11.6 Å². The third-order valence-corrected chi connectivity index (χ3v) is 5.71. The lowest BCUT2D eigenvalue weighted by molar-refractivity contribution is -0.126. The van der Waals surface area contributed by atoms with E-state index in [1.165, 1.54) is 0 Å². The summed E-state index contributed by atoms with van der Waals surface area (Å²) in [4.78, 5) is 34.0. The SMILES string of the molecule is COc1ccc(N2C(=O)[C@@H]3[C@@H](ON(c4ccccc4)[C@H]3c3ccccc3O)C2=O)cc1. The number of rotatable bonds is 4. The average Bonchev–Trinajstić information content (AvgIpc) is 3.31. The number of nitrogens with zero attached hydrogens (tertiary/aromatic N) is 2. The molecule has 0 aliphatic carbocycles. The number of carbonyl (C=O) groups is 2. The van der Waals surface area contributed by atoms with Gasteiger partial charge in [0.1, 0.15) is 17.4 Å². The van der Waals surface area contributed by atoms with Crippen molar-refractivity contribution in [2.75, 3.05) is 17.1 Å². The molecule has 0 saturated carbocycles. The quantitative estimate of drug-likeness (QED) is 0.657. The maximum Gasteiger partial charge on any atom is 0.266 e. The van der Waals surface area contributed by atoms with Crippen molar-refractivity contribution in [1.29, 1.82) is 0 Å². The van der Waals surface area contributed by atoms with Crippen LogP contribution in [0.15, 0.2) is 78.9 Å². The number of hydrogen-bond donors (Lipinski definition) is 1. The fourth-order valence-corrected chi connectivity index (χ4v) is 4.25. The predicted molar refractivity (Wildman–Crippen MR) is 114 cm³/mol. The molecule has 0 bridgehead atoms. The van der Waals surface area contributed by atoms with E-state index >= 15 is 0 Å². The van der Waals surface area contributed by atoms with Gasteiger partial charge >= 0.3 is 0 Å². The molecule has 0 aromatic heterocycles. The molecule has 3 aromatic rings. The van der Waals surface area contributed by atoms with E-state index in [0.717, 1.165) is 4.90 Å². The van der Waals surface area contributed by atoms with Crippen molar-refractivity contribution in [3.8, 4) is 11.5 Å². The zero-order chi connectivity index (χ0) is 21.5. The second-order valence-electron chi connectivity index (χ2n) is 7.43. The Morgan fingerprint density at radius 2 is 1.52 bits per heavy atom. The molecule has 0 spiro atoms. The summed E-state index contributed by atoms with van der Waals surface area (Å²) in [6.45, 7) is 0. The molecule has 5 rings (SSSR count). The smallest absolute Gasteiger partial charge is 0.266 e. The number of hydrogen-bond acceptors (Lipinski definition) is 6. The zero-order valence-corrected chi connectivity index (χ0v) is 16.7. The monoisotopic (exact) mass is 416 g/mol. The zero-order valence-electron chi connectivity index (χ0n) is 16.7. The van der Waals surface area contributed by atoms with Crippen molar-refractivity contribution in [1.82, 2.24) is 0 Å². The normalized spacial score (nSPS) is 22.7. The number of phenols is 1. The Kier molecular flexibility index (Phi) is 4.60. The van der Waals surface area contributed by atoms with E-state index in [4.69, 9.17) is 9.57 Å². The first-order valence-electron chi connectivity index (χ1n) is 9.91. The number of imide groups is 1. The van der Waals surface area contributed by atoms with E-state index in [2.05, 4.69) is 0 Å². The van der Waals surface area contributed by atoms with Crippen LogP contribution < -0.4 is 14.7 Å². The van der Waals surface area contributed by atoms with Gasteiger partial charge in [-0.15, -0.1) is 0 Å². The van der Waals surface area contributed by atoms with Crippen molar-refractivity contribution < 1.29 is 24.3 Å². The molecule has 2 aliphatic heterocycles. The molecule has 2 saturated heterocycles. The molecule has 2 amide bonds. The predicted octanol–water partition coefficient (Wildman–Crippen LogP) is 3.45. The highest BCUT2D eigenvalue weighted by molar-refractivity contribution is 6.24.